The van der Waals surface area contributed by atoms with Gasteiger partial charge in [0, 0.05) is 19.7 Å². The third-order valence-electron chi connectivity index (χ3n) is 3.53. The predicted molar refractivity (Wildman–Crippen MR) is 70.6 cm³/mol. The maximum atomic E-state index is 12.9. The number of halogens is 1. The molecule has 1 aliphatic heterocycles. The monoisotopic (exact) mass is 266 g/mol. The Balaban J connectivity index is 2.01. The molecule has 0 radical (unpaired) electrons. The van der Waals surface area contributed by atoms with E-state index < -0.39 is 5.82 Å². The number of hydrogen-bond acceptors (Lipinski definition) is 3. The van der Waals surface area contributed by atoms with E-state index >= 15 is 0 Å². The van der Waals surface area contributed by atoms with Gasteiger partial charge in [-0.05, 0) is 44.0 Å². The average molecular weight is 266 g/mol. The number of benzene rings is 1. The largest absolute Gasteiger partial charge is 0.507 e. The number of hydrogen-bond donors (Lipinski definition) is 2. The van der Waals surface area contributed by atoms with Crippen LogP contribution in [0.2, 0.25) is 0 Å². The first-order valence-electron chi connectivity index (χ1n) is 6.52. The first-order valence-corrected chi connectivity index (χ1v) is 6.52. The minimum absolute atomic E-state index is 0.151. The fourth-order valence-electron chi connectivity index (χ4n) is 2.43. The average Bonchev–Trinajstić information content (AvgIpc) is 2.39. The number of nitrogens with one attached hydrogen (secondary N) is 1. The Labute approximate surface area is 112 Å². The zero-order chi connectivity index (χ0) is 13.8. The minimum atomic E-state index is -0.546. The van der Waals surface area contributed by atoms with Crippen LogP contribution in [0.25, 0.3) is 0 Å². The van der Waals surface area contributed by atoms with Gasteiger partial charge in [-0.3, -0.25) is 4.79 Å². The molecule has 0 aromatic heterocycles. The van der Waals surface area contributed by atoms with Gasteiger partial charge in [-0.2, -0.15) is 0 Å². The maximum absolute atomic E-state index is 12.9. The molecule has 1 aromatic rings. The summed E-state index contributed by atoms with van der Waals surface area (Å²) in [4.78, 5) is 13.8. The van der Waals surface area contributed by atoms with Gasteiger partial charge in [0.15, 0.2) is 0 Å². The molecule has 1 heterocycles. The van der Waals surface area contributed by atoms with Crippen molar-refractivity contribution in [1.29, 1.82) is 0 Å². The van der Waals surface area contributed by atoms with Gasteiger partial charge in [0.05, 0.1) is 5.56 Å². The molecular weight excluding hydrogens is 247 g/mol. The summed E-state index contributed by atoms with van der Waals surface area (Å²) in [6, 6.07) is 3.48. The zero-order valence-corrected chi connectivity index (χ0v) is 11.0. The third kappa shape index (κ3) is 3.44. The fraction of sp³-hybridized carbons (Fsp3) is 0.500. The van der Waals surface area contributed by atoms with Crippen LogP contribution in [0, 0.1) is 11.7 Å². The summed E-state index contributed by atoms with van der Waals surface area (Å²) in [5, 5.41) is 12.9. The summed E-state index contributed by atoms with van der Waals surface area (Å²) < 4.78 is 12.9. The van der Waals surface area contributed by atoms with Gasteiger partial charge in [-0.15, -0.1) is 0 Å². The molecule has 19 heavy (non-hydrogen) atoms. The predicted octanol–water partition coefficient (Wildman–Crippen LogP) is 1.60. The van der Waals surface area contributed by atoms with Crippen LogP contribution < -0.4 is 5.32 Å². The van der Waals surface area contributed by atoms with Gasteiger partial charge in [0.25, 0.3) is 5.91 Å². The lowest BCUT2D eigenvalue weighted by Gasteiger charge is -2.27. The van der Waals surface area contributed by atoms with Crippen LogP contribution in [-0.2, 0) is 0 Å². The quantitative estimate of drug-likeness (QED) is 0.874. The van der Waals surface area contributed by atoms with Gasteiger partial charge in [0.1, 0.15) is 11.6 Å². The number of carbonyl (C=O) groups excluding carboxylic acids is 1. The molecule has 1 saturated heterocycles. The molecule has 1 aromatic carbocycles. The minimum Gasteiger partial charge on any atom is -0.507 e. The first kappa shape index (κ1) is 13.8. The van der Waals surface area contributed by atoms with E-state index in [0.717, 1.165) is 32.0 Å². The molecule has 0 unspecified atom stereocenters. The van der Waals surface area contributed by atoms with Crippen LogP contribution in [-0.4, -0.2) is 42.6 Å². The summed E-state index contributed by atoms with van der Waals surface area (Å²) in [7, 11) is 1.72. The lowest BCUT2D eigenvalue weighted by atomic mass is 9.97. The highest BCUT2D eigenvalue weighted by molar-refractivity contribution is 5.96. The highest BCUT2D eigenvalue weighted by atomic mass is 19.1. The van der Waals surface area contributed by atoms with E-state index in [9.17, 15) is 14.3 Å². The normalized spacial score (nSPS) is 16.3. The van der Waals surface area contributed by atoms with Gasteiger partial charge in [-0.1, -0.05) is 0 Å². The Morgan fingerprint density at radius 2 is 2.16 bits per heavy atom. The summed E-state index contributed by atoms with van der Waals surface area (Å²) >= 11 is 0. The van der Waals surface area contributed by atoms with E-state index in [0.29, 0.717) is 12.5 Å². The van der Waals surface area contributed by atoms with Crippen LogP contribution in [0.1, 0.15) is 23.2 Å². The van der Waals surface area contributed by atoms with E-state index in [1.807, 2.05) is 0 Å². The molecule has 5 heteroatoms. The molecule has 104 valence electrons. The van der Waals surface area contributed by atoms with E-state index in [-0.39, 0.29) is 17.2 Å². The number of aromatic hydroxyl groups is 1. The molecular formula is C14H19FN2O2. The molecule has 0 saturated carbocycles. The second-order valence-electron chi connectivity index (χ2n) is 5.04. The van der Waals surface area contributed by atoms with Crippen LogP contribution in [0.5, 0.6) is 5.75 Å². The Bertz CT molecular complexity index is 459. The summed E-state index contributed by atoms with van der Waals surface area (Å²) in [5.74, 6) is -0.633. The van der Waals surface area contributed by atoms with Crippen molar-refractivity contribution < 1.29 is 14.3 Å². The summed E-state index contributed by atoms with van der Waals surface area (Å²) in [5.41, 5.74) is 0.151. The number of rotatable bonds is 3. The van der Waals surface area contributed by atoms with Gasteiger partial charge in [-0.25, -0.2) is 4.39 Å². The Hall–Kier alpha value is -1.62. The Kier molecular flexibility index (Phi) is 4.37. The molecule has 1 amide bonds. The van der Waals surface area contributed by atoms with Crippen molar-refractivity contribution in [3.63, 3.8) is 0 Å². The molecule has 0 spiro atoms. The van der Waals surface area contributed by atoms with Crippen molar-refractivity contribution in [3.05, 3.63) is 29.6 Å². The van der Waals surface area contributed by atoms with Crippen LogP contribution >= 0.6 is 0 Å². The van der Waals surface area contributed by atoms with E-state index in [1.165, 1.54) is 12.1 Å². The Morgan fingerprint density at radius 3 is 2.79 bits per heavy atom. The van der Waals surface area contributed by atoms with Gasteiger partial charge >= 0.3 is 0 Å². The number of carbonyl (C=O) groups is 1. The molecule has 2 rings (SSSR count). The molecule has 4 nitrogen and oxygen atoms in total. The zero-order valence-electron chi connectivity index (χ0n) is 11.0. The Morgan fingerprint density at radius 1 is 1.47 bits per heavy atom. The van der Waals surface area contributed by atoms with Crippen molar-refractivity contribution in [2.75, 3.05) is 26.7 Å². The smallest absolute Gasteiger partial charge is 0.257 e. The van der Waals surface area contributed by atoms with Crippen LogP contribution in [0.15, 0.2) is 18.2 Å². The molecule has 1 aliphatic rings. The third-order valence-corrected chi connectivity index (χ3v) is 3.53. The van der Waals surface area contributed by atoms with Gasteiger partial charge < -0.3 is 15.3 Å². The first-order chi connectivity index (χ1) is 9.08. The standard InChI is InChI=1S/C14H19FN2O2/c1-17(9-10-4-6-16-7-5-10)14(19)12-3-2-11(15)8-13(12)18/h2-3,8,10,16,18H,4-7,9H2,1H3. The van der Waals surface area contributed by atoms with E-state index in [4.69, 9.17) is 0 Å². The lowest BCUT2D eigenvalue weighted by molar-refractivity contribution is 0.0759. The molecule has 2 N–H and O–H groups in total. The topological polar surface area (TPSA) is 52.6 Å². The number of phenolic OH excluding ortho intramolecular Hbond substituents is 1. The van der Waals surface area contributed by atoms with Crippen LogP contribution in [0.4, 0.5) is 4.39 Å². The summed E-state index contributed by atoms with van der Waals surface area (Å²) in [6.45, 7) is 2.63. The SMILES string of the molecule is CN(CC1CCNCC1)C(=O)c1ccc(F)cc1O. The fourth-order valence-corrected chi connectivity index (χ4v) is 2.43. The second-order valence-corrected chi connectivity index (χ2v) is 5.04. The van der Waals surface area contributed by atoms with E-state index in [1.54, 1.807) is 11.9 Å². The lowest BCUT2D eigenvalue weighted by Crippen LogP contribution is -2.37. The second kappa shape index (κ2) is 6.02. The van der Waals surface area contributed by atoms with Crippen LogP contribution in [0.3, 0.4) is 0 Å². The maximum Gasteiger partial charge on any atom is 0.257 e. The van der Waals surface area contributed by atoms with Crippen molar-refractivity contribution in [3.8, 4) is 5.75 Å². The molecule has 0 bridgehead atoms. The molecule has 0 aliphatic carbocycles. The van der Waals surface area contributed by atoms with Crippen molar-refractivity contribution >= 4 is 5.91 Å². The van der Waals surface area contributed by atoms with Crippen molar-refractivity contribution in [2.24, 2.45) is 5.92 Å². The van der Waals surface area contributed by atoms with Crippen molar-refractivity contribution in [2.45, 2.75) is 12.8 Å². The number of piperidine rings is 1. The highest BCUT2D eigenvalue weighted by Crippen LogP contribution is 2.21. The van der Waals surface area contributed by atoms with Crippen molar-refractivity contribution in [1.82, 2.24) is 10.2 Å². The van der Waals surface area contributed by atoms with E-state index in [2.05, 4.69) is 5.32 Å². The number of nitrogens with zero attached hydrogens (tertiary/aromatic N) is 1. The molecule has 0 atom stereocenters. The van der Waals surface area contributed by atoms with Gasteiger partial charge in [0.2, 0.25) is 0 Å². The highest BCUT2D eigenvalue weighted by Gasteiger charge is 2.20. The number of phenols is 1. The summed E-state index contributed by atoms with van der Waals surface area (Å²) in [6.07, 6.45) is 2.10. The molecule has 1 fully saturated rings. The number of amides is 1.